The summed E-state index contributed by atoms with van der Waals surface area (Å²) in [4.78, 5) is 0. The van der Waals surface area contributed by atoms with E-state index in [0.29, 0.717) is 0 Å². The fraction of sp³-hybridized carbons (Fsp3) is 0.333. The van der Waals surface area contributed by atoms with Gasteiger partial charge in [0, 0.05) is 11.1 Å². The monoisotopic (exact) mass is 270 g/mol. The second-order valence-electron chi connectivity index (χ2n) is 4.69. The maximum absolute atomic E-state index is 5.84. The van der Waals surface area contributed by atoms with Gasteiger partial charge in [0.25, 0.3) is 0 Å². The Morgan fingerprint density at radius 3 is 1.45 bits per heavy atom. The van der Waals surface area contributed by atoms with Crippen LogP contribution in [0.4, 0.5) is 0 Å². The molecule has 0 aliphatic carbocycles. The van der Waals surface area contributed by atoms with Gasteiger partial charge in [-0.3, -0.25) is 0 Å². The Morgan fingerprint density at radius 1 is 0.650 bits per heavy atom. The maximum atomic E-state index is 5.84. The Morgan fingerprint density at radius 2 is 1.05 bits per heavy atom. The van der Waals surface area contributed by atoms with E-state index in [1.165, 1.54) is 0 Å². The highest BCUT2D eigenvalue weighted by molar-refractivity contribution is 5.75. The summed E-state index contributed by atoms with van der Waals surface area (Å²) in [6.45, 7) is 5.69. The summed E-state index contributed by atoms with van der Waals surface area (Å²) in [6, 6.07) is 16.3. The van der Waals surface area contributed by atoms with E-state index in [1.807, 2.05) is 36.4 Å². The molecule has 0 bridgehead atoms. The quantitative estimate of drug-likeness (QED) is 0.710. The standard InChI is InChI=1S/C18H22O2/c1-3-13-19-17-11-7-5-9-15(17)16-10-6-8-12-18(16)20-14-4-2/h5-12H,3-4,13-14H2,1-2H3. The smallest absolute Gasteiger partial charge is 0.127 e. The molecule has 0 aliphatic rings. The van der Waals surface area contributed by atoms with Gasteiger partial charge in [0.05, 0.1) is 13.2 Å². The summed E-state index contributed by atoms with van der Waals surface area (Å²) in [5, 5.41) is 0. The second-order valence-corrected chi connectivity index (χ2v) is 4.69. The lowest BCUT2D eigenvalue weighted by atomic mass is 10.0. The first-order valence-corrected chi connectivity index (χ1v) is 7.30. The van der Waals surface area contributed by atoms with Crippen LogP contribution >= 0.6 is 0 Å². The normalized spacial score (nSPS) is 10.3. The molecule has 0 atom stereocenters. The average molecular weight is 270 g/mol. The minimum atomic E-state index is 0.731. The molecule has 0 aromatic heterocycles. The summed E-state index contributed by atoms with van der Waals surface area (Å²) in [7, 11) is 0. The van der Waals surface area contributed by atoms with Crippen molar-refractivity contribution in [1.29, 1.82) is 0 Å². The van der Waals surface area contributed by atoms with E-state index in [2.05, 4.69) is 26.0 Å². The topological polar surface area (TPSA) is 18.5 Å². The van der Waals surface area contributed by atoms with Crippen LogP contribution in [-0.2, 0) is 0 Å². The molecule has 0 N–H and O–H groups in total. The van der Waals surface area contributed by atoms with Gasteiger partial charge in [-0.15, -0.1) is 0 Å². The molecular formula is C18H22O2. The molecule has 2 nitrogen and oxygen atoms in total. The molecule has 0 saturated heterocycles. The van der Waals surface area contributed by atoms with Gasteiger partial charge in [-0.25, -0.2) is 0 Å². The lowest BCUT2D eigenvalue weighted by molar-refractivity contribution is 0.314. The summed E-state index contributed by atoms with van der Waals surface area (Å²) in [5.41, 5.74) is 2.18. The van der Waals surface area contributed by atoms with Crippen molar-refractivity contribution < 1.29 is 9.47 Å². The van der Waals surface area contributed by atoms with Crippen molar-refractivity contribution in [3.63, 3.8) is 0 Å². The zero-order chi connectivity index (χ0) is 14.2. The first-order valence-electron chi connectivity index (χ1n) is 7.30. The third-order valence-corrected chi connectivity index (χ3v) is 2.99. The summed E-state index contributed by atoms with van der Waals surface area (Å²) in [6.07, 6.45) is 2.00. The van der Waals surface area contributed by atoms with Crippen LogP contribution in [-0.4, -0.2) is 13.2 Å². The Bertz CT molecular complexity index is 485. The van der Waals surface area contributed by atoms with Gasteiger partial charge in [0.2, 0.25) is 0 Å². The van der Waals surface area contributed by atoms with Crippen molar-refractivity contribution in [2.45, 2.75) is 26.7 Å². The Hall–Kier alpha value is -1.96. The van der Waals surface area contributed by atoms with E-state index in [0.717, 1.165) is 48.7 Å². The molecular weight excluding hydrogens is 248 g/mol. The summed E-state index contributed by atoms with van der Waals surface area (Å²) >= 11 is 0. The first kappa shape index (κ1) is 14.4. The molecule has 2 aromatic carbocycles. The number of rotatable bonds is 7. The van der Waals surface area contributed by atoms with Crippen molar-refractivity contribution in [3.8, 4) is 22.6 Å². The van der Waals surface area contributed by atoms with Gasteiger partial charge < -0.3 is 9.47 Å². The Labute approximate surface area is 121 Å². The van der Waals surface area contributed by atoms with Gasteiger partial charge in [-0.1, -0.05) is 50.2 Å². The minimum absolute atomic E-state index is 0.731. The van der Waals surface area contributed by atoms with Crippen molar-refractivity contribution in [3.05, 3.63) is 48.5 Å². The molecule has 0 spiro atoms. The lowest BCUT2D eigenvalue weighted by Crippen LogP contribution is -1.99. The van der Waals surface area contributed by atoms with Crippen LogP contribution in [0.2, 0.25) is 0 Å². The van der Waals surface area contributed by atoms with Crippen LogP contribution in [0.25, 0.3) is 11.1 Å². The fourth-order valence-electron chi connectivity index (χ4n) is 2.05. The van der Waals surface area contributed by atoms with Gasteiger partial charge in [-0.05, 0) is 25.0 Å². The number of ether oxygens (including phenoxy) is 2. The van der Waals surface area contributed by atoms with Crippen LogP contribution in [0.3, 0.4) is 0 Å². The third kappa shape index (κ3) is 3.53. The van der Waals surface area contributed by atoms with E-state index in [-0.39, 0.29) is 0 Å². The van der Waals surface area contributed by atoms with E-state index in [1.54, 1.807) is 0 Å². The molecule has 0 radical (unpaired) electrons. The highest BCUT2D eigenvalue weighted by Gasteiger charge is 2.10. The molecule has 0 amide bonds. The highest BCUT2D eigenvalue weighted by atomic mass is 16.5. The van der Waals surface area contributed by atoms with Crippen LogP contribution in [0, 0.1) is 0 Å². The van der Waals surface area contributed by atoms with Crippen molar-refractivity contribution in [1.82, 2.24) is 0 Å². The molecule has 106 valence electrons. The third-order valence-electron chi connectivity index (χ3n) is 2.99. The van der Waals surface area contributed by atoms with Gasteiger partial charge in [0.1, 0.15) is 11.5 Å². The lowest BCUT2D eigenvalue weighted by Gasteiger charge is -2.14. The van der Waals surface area contributed by atoms with Crippen molar-refractivity contribution in [2.24, 2.45) is 0 Å². The summed E-state index contributed by atoms with van der Waals surface area (Å²) in [5.74, 6) is 1.84. The fourth-order valence-corrected chi connectivity index (χ4v) is 2.05. The molecule has 0 fully saturated rings. The molecule has 2 aromatic rings. The molecule has 0 heterocycles. The van der Waals surface area contributed by atoms with Crippen LogP contribution in [0.15, 0.2) is 48.5 Å². The van der Waals surface area contributed by atoms with Crippen LogP contribution in [0.5, 0.6) is 11.5 Å². The highest BCUT2D eigenvalue weighted by Crippen LogP contribution is 2.36. The van der Waals surface area contributed by atoms with Crippen molar-refractivity contribution >= 4 is 0 Å². The summed E-state index contributed by atoms with van der Waals surface area (Å²) < 4.78 is 11.7. The SMILES string of the molecule is CCCOc1ccccc1-c1ccccc1OCCC. The maximum Gasteiger partial charge on any atom is 0.127 e. The molecule has 20 heavy (non-hydrogen) atoms. The largest absolute Gasteiger partial charge is 0.493 e. The molecule has 0 aliphatic heterocycles. The number of hydrogen-bond donors (Lipinski definition) is 0. The van der Waals surface area contributed by atoms with Gasteiger partial charge in [0.15, 0.2) is 0 Å². The van der Waals surface area contributed by atoms with Crippen molar-refractivity contribution in [2.75, 3.05) is 13.2 Å². The number of benzene rings is 2. The van der Waals surface area contributed by atoms with Gasteiger partial charge in [-0.2, -0.15) is 0 Å². The zero-order valence-corrected chi connectivity index (χ0v) is 12.3. The van der Waals surface area contributed by atoms with E-state index in [9.17, 15) is 0 Å². The predicted octanol–water partition coefficient (Wildman–Crippen LogP) is 4.93. The Balaban J connectivity index is 2.35. The van der Waals surface area contributed by atoms with E-state index < -0.39 is 0 Å². The minimum Gasteiger partial charge on any atom is -0.493 e. The Kier molecular flexibility index (Phi) is 5.48. The molecule has 2 rings (SSSR count). The van der Waals surface area contributed by atoms with E-state index >= 15 is 0 Å². The van der Waals surface area contributed by atoms with Crippen LogP contribution < -0.4 is 9.47 Å². The van der Waals surface area contributed by atoms with Crippen LogP contribution in [0.1, 0.15) is 26.7 Å². The number of para-hydroxylation sites is 2. The average Bonchev–Trinajstić information content (AvgIpc) is 2.51. The second kappa shape index (κ2) is 7.59. The molecule has 0 unspecified atom stereocenters. The zero-order valence-electron chi connectivity index (χ0n) is 12.3. The van der Waals surface area contributed by atoms with Gasteiger partial charge >= 0.3 is 0 Å². The van der Waals surface area contributed by atoms with E-state index in [4.69, 9.17) is 9.47 Å². The predicted molar refractivity (Wildman–Crippen MR) is 83.5 cm³/mol. The number of hydrogen-bond acceptors (Lipinski definition) is 2. The molecule has 0 saturated carbocycles. The molecule has 2 heteroatoms. The first-order chi connectivity index (χ1) is 9.86.